The van der Waals surface area contributed by atoms with Crippen LogP contribution in [-0.2, 0) is 4.79 Å². The summed E-state index contributed by atoms with van der Waals surface area (Å²) in [5, 5.41) is 5.62. The van der Waals surface area contributed by atoms with Crippen molar-refractivity contribution in [2.45, 2.75) is 40.2 Å². The van der Waals surface area contributed by atoms with E-state index in [-0.39, 0.29) is 11.8 Å². The lowest BCUT2D eigenvalue weighted by atomic mass is 10.1. The quantitative estimate of drug-likeness (QED) is 0.794. The van der Waals surface area contributed by atoms with Crippen molar-refractivity contribution in [3.8, 4) is 5.75 Å². The first kappa shape index (κ1) is 19.5. The van der Waals surface area contributed by atoms with Gasteiger partial charge in [0.15, 0.2) is 6.10 Å². The van der Waals surface area contributed by atoms with Gasteiger partial charge in [-0.2, -0.15) is 0 Å². The Bertz CT molecular complexity index is 787. The second-order valence-corrected chi connectivity index (χ2v) is 6.32. The second-order valence-electron chi connectivity index (χ2n) is 6.32. The number of hydrogen-bond acceptors (Lipinski definition) is 3. The number of amides is 2. The van der Waals surface area contributed by atoms with Crippen LogP contribution in [0.4, 0.5) is 5.69 Å². The smallest absolute Gasteiger partial charge is 0.265 e. The van der Waals surface area contributed by atoms with Crippen LogP contribution in [0.3, 0.4) is 0 Å². The lowest BCUT2D eigenvalue weighted by molar-refractivity contribution is -0.122. The van der Waals surface area contributed by atoms with Crippen LogP contribution in [0.2, 0.25) is 0 Å². The largest absolute Gasteiger partial charge is 0.481 e. The molecule has 0 fully saturated rings. The number of aryl methyl sites for hydroxylation is 2. The number of hydrogen-bond donors (Lipinski definition) is 2. The SMILES string of the molecule is CCCNC(=O)c1ccccc1NC(=O)[C@@H](C)Oc1cc(C)ccc1C. The molecule has 0 spiro atoms. The van der Waals surface area contributed by atoms with E-state index < -0.39 is 6.10 Å². The van der Waals surface area contributed by atoms with Gasteiger partial charge < -0.3 is 15.4 Å². The molecule has 0 aliphatic rings. The van der Waals surface area contributed by atoms with Crippen LogP contribution in [0.15, 0.2) is 42.5 Å². The van der Waals surface area contributed by atoms with Gasteiger partial charge in [-0.1, -0.05) is 31.2 Å². The molecule has 0 radical (unpaired) electrons. The van der Waals surface area contributed by atoms with E-state index in [0.717, 1.165) is 17.5 Å². The Morgan fingerprint density at radius 1 is 1.12 bits per heavy atom. The van der Waals surface area contributed by atoms with E-state index in [2.05, 4.69) is 10.6 Å². The Morgan fingerprint density at radius 2 is 1.85 bits per heavy atom. The maximum atomic E-state index is 12.5. The van der Waals surface area contributed by atoms with Crippen molar-refractivity contribution in [1.29, 1.82) is 0 Å². The topological polar surface area (TPSA) is 67.4 Å². The van der Waals surface area contributed by atoms with Gasteiger partial charge in [0, 0.05) is 6.54 Å². The molecule has 0 bridgehead atoms. The summed E-state index contributed by atoms with van der Waals surface area (Å²) in [6.07, 6.45) is 0.156. The molecule has 0 unspecified atom stereocenters. The van der Waals surface area contributed by atoms with Crippen molar-refractivity contribution in [3.05, 3.63) is 59.2 Å². The van der Waals surface area contributed by atoms with Gasteiger partial charge in [-0.25, -0.2) is 0 Å². The van der Waals surface area contributed by atoms with Crippen LogP contribution in [0.25, 0.3) is 0 Å². The molecule has 26 heavy (non-hydrogen) atoms. The Kier molecular flexibility index (Phi) is 6.78. The molecule has 2 rings (SSSR count). The molecule has 1 atom stereocenters. The summed E-state index contributed by atoms with van der Waals surface area (Å²) in [7, 11) is 0. The molecular formula is C21H26N2O3. The number of para-hydroxylation sites is 1. The maximum absolute atomic E-state index is 12.5. The van der Waals surface area contributed by atoms with Gasteiger partial charge in [0.1, 0.15) is 5.75 Å². The van der Waals surface area contributed by atoms with E-state index in [4.69, 9.17) is 4.74 Å². The zero-order valence-electron chi connectivity index (χ0n) is 15.8. The summed E-state index contributed by atoms with van der Waals surface area (Å²) in [6, 6.07) is 12.8. The molecule has 2 aromatic rings. The van der Waals surface area contributed by atoms with Crippen molar-refractivity contribution in [2.75, 3.05) is 11.9 Å². The highest BCUT2D eigenvalue weighted by Gasteiger charge is 2.19. The fourth-order valence-corrected chi connectivity index (χ4v) is 2.44. The third kappa shape index (κ3) is 5.09. The fourth-order valence-electron chi connectivity index (χ4n) is 2.44. The molecular weight excluding hydrogens is 328 g/mol. The molecule has 0 aliphatic heterocycles. The van der Waals surface area contributed by atoms with Crippen molar-refractivity contribution >= 4 is 17.5 Å². The number of nitrogens with one attached hydrogen (secondary N) is 2. The molecule has 0 saturated heterocycles. The summed E-state index contributed by atoms with van der Waals surface area (Å²) in [6.45, 7) is 8.18. The fraction of sp³-hybridized carbons (Fsp3) is 0.333. The minimum Gasteiger partial charge on any atom is -0.481 e. The summed E-state index contributed by atoms with van der Waals surface area (Å²) in [5.41, 5.74) is 2.95. The zero-order valence-corrected chi connectivity index (χ0v) is 15.8. The number of anilines is 1. The molecule has 0 saturated carbocycles. The number of carbonyl (C=O) groups excluding carboxylic acids is 2. The van der Waals surface area contributed by atoms with Crippen LogP contribution in [0.1, 0.15) is 41.8 Å². The molecule has 0 heterocycles. The van der Waals surface area contributed by atoms with E-state index in [1.54, 1.807) is 31.2 Å². The highest BCUT2D eigenvalue weighted by Crippen LogP contribution is 2.21. The highest BCUT2D eigenvalue weighted by molar-refractivity contribution is 6.04. The number of benzene rings is 2. The lowest BCUT2D eigenvalue weighted by Crippen LogP contribution is -2.32. The summed E-state index contributed by atoms with van der Waals surface area (Å²) in [4.78, 5) is 24.8. The highest BCUT2D eigenvalue weighted by atomic mass is 16.5. The van der Waals surface area contributed by atoms with Crippen LogP contribution >= 0.6 is 0 Å². The van der Waals surface area contributed by atoms with E-state index in [1.807, 2.05) is 39.0 Å². The Morgan fingerprint density at radius 3 is 2.58 bits per heavy atom. The first-order valence-electron chi connectivity index (χ1n) is 8.84. The lowest BCUT2D eigenvalue weighted by Gasteiger charge is -2.18. The average molecular weight is 354 g/mol. The Balaban J connectivity index is 2.09. The maximum Gasteiger partial charge on any atom is 0.265 e. The van der Waals surface area contributed by atoms with E-state index in [9.17, 15) is 9.59 Å². The molecule has 138 valence electrons. The second kappa shape index (κ2) is 9.04. The van der Waals surface area contributed by atoms with Crippen LogP contribution < -0.4 is 15.4 Å². The van der Waals surface area contributed by atoms with Crippen LogP contribution in [0, 0.1) is 13.8 Å². The van der Waals surface area contributed by atoms with Gasteiger partial charge in [0.25, 0.3) is 11.8 Å². The Labute approximate surface area is 154 Å². The van der Waals surface area contributed by atoms with E-state index >= 15 is 0 Å². The number of carbonyl (C=O) groups is 2. The summed E-state index contributed by atoms with van der Waals surface area (Å²) in [5.74, 6) is 0.175. The Hall–Kier alpha value is -2.82. The first-order valence-corrected chi connectivity index (χ1v) is 8.84. The van der Waals surface area contributed by atoms with E-state index in [0.29, 0.717) is 23.5 Å². The van der Waals surface area contributed by atoms with Crippen LogP contribution in [0.5, 0.6) is 5.75 Å². The molecule has 5 nitrogen and oxygen atoms in total. The molecule has 0 aromatic heterocycles. The van der Waals surface area contributed by atoms with Gasteiger partial charge in [-0.05, 0) is 56.5 Å². The first-order chi connectivity index (χ1) is 12.4. The van der Waals surface area contributed by atoms with Gasteiger partial charge in [-0.3, -0.25) is 9.59 Å². The molecule has 0 aliphatic carbocycles. The zero-order chi connectivity index (χ0) is 19.1. The van der Waals surface area contributed by atoms with Crippen molar-refractivity contribution in [2.24, 2.45) is 0 Å². The third-order valence-electron chi connectivity index (χ3n) is 3.98. The molecule has 2 aromatic carbocycles. The molecule has 2 amide bonds. The summed E-state index contributed by atoms with van der Waals surface area (Å²) < 4.78 is 5.81. The molecule has 2 N–H and O–H groups in total. The normalized spacial score (nSPS) is 11.5. The van der Waals surface area contributed by atoms with Crippen LogP contribution in [-0.4, -0.2) is 24.5 Å². The molecule has 5 heteroatoms. The van der Waals surface area contributed by atoms with Crippen molar-refractivity contribution < 1.29 is 14.3 Å². The monoisotopic (exact) mass is 354 g/mol. The average Bonchev–Trinajstić information content (AvgIpc) is 2.63. The predicted molar refractivity (Wildman–Crippen MR) is 104 cm³/mol. The third-order valence-corrected chi connectivity index (χ3v) is 3.98. The number of ether oxygens (including phenoxy) is 1. The van der Waals surface area contributed by atoms with Gasteiger partial charge in [-0.15, -0.1) is 0 Å². The minimum atomic E-state index is -0.692. The van der Waals surface area contributed by atoms with Crippen molar-refractivity contribution in [1.82, 2.24) is 5.32 Å². The van der Waals surface area contributed by atoms with Gasteiger partial charge >= 0.3 is 0 Å². The van der Waals surface area contributed by atoms with Gasteiger partial charge in [0.2, 0.25) is 0 Å². The standard InChI is InChI=1S/C21H26N2O3/c1-5-12-22-21(25)17-8-6-7-9-18(17)23-20(24)16(4)26-19-13-14(2)10-11-15(19)3/h6-11,13,16H,5,12H2,1-4H3,(H,22,25)(H,23,24)/t16-/m1/s1. The predicted octanol–water partition coefficient (Wildman–Crippen LogP) is 3.85. The summed E-state index contributed by atoms with van der Waals surface area (Å²) >= 11 is 0. The van der Waals surface area contributed by atoms with Crippen molar-refractivity contribution in [3.63, 3.8) is 0 Å². The van der Waals surface area contributed by atoms with Gasteiger partial charge in [0.05, 0.1) is 11.3 Å². The minimum absolute atomic E-state index is 0.203. The number of rotatable bonds is 7. The van der Waals surface area contributed by atoms with E-state index in [1.165, 1.54) is 0 Å².